The van der Waals surface area contributed by atoms with Crippen LogP contribution in [0.15, 0.2) is 54.6 Å². The van der Waals surface area contributed by atoms with Crippen LogP contribution < -0.4 is 10.1 Å². The van der Waals surface area contributed by atoms with E-state index in [1.807, 2.05) is 54.3 Å². The van der Waals surface area contributed by atoms with Crippen LogP contribution >= 0.6 is 0 Å². The van der Waals surface area contributed by atoms with Gasteiger partial charge in [-0.05, 0) is 30.7 Å². The number of carbonyl (C=O) groups excluding carboxylic acids is 2. The first-order chi connectivity index (χ1) is 13.6. The molecule has 3 rings (SSSR count). The Balaban J connectivity index is 1.49. The van der Waals surface area contributed by atoms with Gasteiger partial charge in [-0.25, -0.2) is 0 Å². The predicted octanol–water partition coefficient (Wildman–Crippen LogP) is 2.16. The lowest BCUT2D eigenvalue weighted by Gasteiger charge is -2.37. The highest BCUT2D eigenvalue weighted by molar-refractivity contribution is 5.94. The topological polar surface area (TPSA) is 61.9 Å². The highest BCUT2D eigenvalue weighted by Crippen LogP contribution is 2.16. The maximum absolute atomic E-state index is 12.7. The molecule has 1 unspecified atom stereocenters. The summed E-state index contributed by atoms with van der Waals surface area (Å²) in [5.41, 5.74) is 1.71. The van der Waals surface area contributed by atoms with Crippen molar-refractivity contribution in [3.8, 4) is 5.75 Å². The fourth-order valence-corrected chi connectivity index (χ4v) is 3.35. The second-order valence-electron chi connectivity index (χ2n) is 6.94. The van der Waals surface area contributed by atoms with Gasteiger partial charge in [-0.2, -0.15) is 0 Å². The highest BCUT2D eigenvalue weighted by Gasteiger charge is 2.27. The molecule has 0 aromatic heterocycles. The van der Waals surface area contributed by atoms with Gasteiger partial charge in [0.15, 0.2) is 0 Å². The lowest BCUT2D eigenvalue weighted by Crippen LogP contribution is -2.54. The Morgan fingerprint density at radius 3 is 2.43 bits per heavy atom. The van der Waals surface area contributed by atoms with E-state index in [1.165, 1.54) is 0 Å². The SMILES string of the molecule is COc1cccc(C(=O)N2CCN(C(C)C(=O)NCc3ccccc3)CC2)c1. The fourth-order valence-electron chi connectivity index (χ4n) is 3.35. The van der Waals surface area contributed by atoms with E-state index in [0.29, 0.717) is 44.0 Å². The van der Waals surface area contributed by atoms with Crippen LogP contribution in [0.2, 0.25) is 0 Å². The zero-order chi connectivity index (χ0) is 19.9. The Hall–Kier alpha value is -2.86. The molecule has 1 aliphatic heterocycles. The van der Waals surface area contributed by atoms with Crippen molar-refractivity contribution in [3.63, 3.8) is 0 Å². The second-order valence-corrected chi connectivity index (χ2v) is 6.94. The summed E-state index contributed by atoms with van der Waals surface area (Å²) in [4.78, 5) is 29.1. The Labute approximate surface area is 166 Å². The van der Waals surface area contributed by atoms with Crippen LogP contribution in [0.5, 0.6) is 5.75 Å². The van der Waals surface area contributed by atoms with Crippen molar-refractivity contribution in [2.24, 2.45) is 0 Å². The maximum atomic E-state index is 12.7. The minimum atomic E-state index is -0.224. The van der Waals surface area contributed by atoms with Crippen molar-refractivity contribution in [2.75, 3.05) is 33.3 Å². The zero-order valence-electron chi connectivity index (χ0n) is 16.4. The van der Waals surface area contributed by atoms with Gasteiger partial charge in [0.25, 0.3) is 5.91 Å². The van der Waals surface area contributed by atoms with Crippen molar-refractivity contribution >= 4 is 11.8 Å². The van der Waals surface area contributed by atoms with Crippen LogP contribution in [0.25, 0.3) is 0 Å². The third kappa shape index (κ3) is 4.89. The quantitative estimate of drug-likeness (QED) is 0.833. The predicted molar refractivity (Wildman–Crippen MR) is 108 cm³/mol. The molecule has 1 saturated heterocycles. The van der Waals surface area contributed by atoms with E-state index in [1.54, 1.807) is 19.2 Å². The molecular weight excluding hydrogens is 354 g/mol. The van der Waals surface area contributed by atoms with Crippen LogP contribution in [0.4, 0.5) is 0 Å². The van der Waals surface area contributed by atoms with E-state index in [2.05, 4.69) is 10.2 Å². The minimum Gasteiger partial charge on any atom is -0.497 e. The molecule has 2 aromatic carbocycles. The minimum absolute atomic E-state index is 0.000248. The van der Waals surface area contributed by atoms with Crippen LogP contribution in [-0.4, -0.2) is 60.9 Å². The molecule has 0 saturated carbocycles. The molecule has 1 atom stereocenters. The van der Waals surface area contributed by atoms with Crippen molar-refractivity contribution in [2.45, 2.75) is 19.5 Å². The summed E-state index contributed by atoms with van der Waals surface area (Å²) in [7, 11) is 1.59. The molecule has 28 heavy (non-hydrogen) atoms. The molecule has 0 aliphatic carbocycles. The Kier molecular flexibility index (Phi) is 6.66. The Morgan fingerprint density at radius 1 is 1.04 bits per heavy atom. The second kappa shape index (κ2) is 9.37. The number of nitrogens with zero attached hydrogens (tertiary/aromatic N) is 2. The van der Waals surface area contributed by atoms with Gasteiger partial charge in [0.2, 0.25) is 5.91 Å². The molecule has 0 radical (unpaired) electrons. The van der Waals surface area contributed by atoms with E-state index < -0.39 is 0 Å². The largest absolute Gasteiger partial charge is 0.497 e. The first kappa shape index (κ1) is 19.9. The summed E-state index contributed by atoms with van der Waals surface area (Å²) in [5, 5.41) is 2.99. The Morgan fingerprint density at radius 2 is 1.75 bits per heavy atom. The monoisotopic (exact) mass is 381 g/mol. The lowest BCUT2D eigenvalue weighted by molar-refractivity contribution is -0.126. The van der Waals surface area contributed by atoms with E-state index >= 15 is 0 Å². The number of hydrogen-bond donors (Lipinski definition) is 1. The van der Waals surface area contributed by atoms with Gasteiger partial charge in [0, 0.05) is 38.3 Å². The van der Waals surface area contributed by atoms with Crippen LogP contribution in [-0.2, 0) is 11.3 Å². The number of rotatable bonds is 6. The summed E-state index contributed by atoms with van der Waals surface area (Å²) >= 11 is 0. The van der Waals surface area contributed by atoms with Crippen LogP contribution in [0.3, 0.4) is 0 Å². The zero-order valence-corrected chi connectivity index (χ0v) is 16.4. The Bertz CT molecular complexity index is 802. The molecule has 0 bridgehead atoms. The smallest absolute Gasteiger partial charge is 0.254 e. The number of methoxy groups -OCH3 is 1. The van der Waals surface area contributed by atoms with Gasteiger partial charge in [0.05, 0.1) is 13.2 Å². The van der Waals surface area contributed by atoms with E-state index in [9.17, 15) is 9.59 Å². The lowest BCUT2D eigenvalue weighted by atomic mass is 10.1. The van der Waals surface area contributed by atoms with E-state index in [4.69, 9.17) is 4.74 Å². The molecule has 1 aliphatic rings. The normalized spacial score (nSPS) is 15.7. The first-order valence-corrected chi connectivity index (χ1v) is 9.57. The van der Waals surface area contributed by atoms with Crippen molar-refractivity contribution < 1.29 is 14.3 Å². The molecule has 2 amide bonds. The summed E-state index contributed by atoms with van der Waals surface area (Å²) < 4.78 is 5.20. The molecule has 1 fully saturated rings. The average molecular weight is 381 g/mol. The molecule has 1 N–H and O–H groups in total. The third-order valence-corrected chi connectivity index (χ3v) is 5.15. The average Bonchev–Trinajstić information content (AvgIpc) is 2.77. The van der Waals surface area contributed by atoms with Crippen molar-refractivity contribution in [1.29, 1.82) is 0 Å². The molecule has 2 aromatic rings. The summed E-state index contributed by atoms with van der Waals surface area (Å²) in [6.45, 7) is 5.00. The molecule has 0 spiro atoms. The number of amides is 2. The van der Waals surface area contributed by atoms with Gasteiger partial charge in [-0.15, -0.1) is 0 Å². The van der Waals surface area contributed by atoms with Gasteiger partial charge in [-0.3, -0.25) is 14.5 Å². The van der Waals surface area contributed by atoms with Gasteiger partial charge in [-0.1, -0.05) is 36.4 Å². The molecule has 6 nitrogen and oxygen atoms in total. The van der Waals surface area contributed by atoms with Crippen molar-refractivity contribution in [3.05, 3.63) is 65.7 Å². The number of ether oxygens (including phenoxy) is 1. The summed E-state index contributed by atoms with van der Waals surface area (Å²) in [6, 6.07) is 16.9. The van der Waals surface area contributed by atoms with Gasteiger partial charge < -0.3 is 15.0 Å². The van der Waals surface area contributed by atoms with E-state index in [-0.39, 0.29) is 17.9 Å². The van der Waals surface area contributed by atoms with Crippen LogP contribution in [0.1, 0.15) is 22.8 Å². The molecule has 6 heteroatoms. The number of nitrogens with one attached hydrogen (secondary N) is 1. The highest BCUT2D eigenvalue weighted by atomic mass is 16.5. The maximum Gasteiger partial charge on any atom is 0.254 e. The van der Waals surface area contributed by atoms with Gasteiger partial charge >= 0.3 is 0 Å². The van der Waals surface area contributed by atoms with E-state index in [0.717, 1.165) is 5.56 Å². The third-order valence-electron chi connectivity index (χ3n) is 5.15. The molecular formula is C22H27N3O3. The number of piperazine rings is 1. The number of hydrogen-bond acceptors (Lipinski definition) is 4. The first-order valence-electron chi connectivity index (χ1n) is 9.57. The standard InChI is InChI=1S/C22H27N3O3/c1-17(21(26)23-16-18-7-4-3-5-8-18)24-11-13-25(14-12-24)22(27)19-9-6-10-20(15-19)28-2/h3-10,15,17H,11-14,16H2,1-2H3,(H,23,26). The summed E-state index contributed by atoms with van der Waals surface area (Å²) in [6.07, 6.45) is 0. The summed E-state index contributed by atoms with van der Waals surface area (Å²) in [5.74, 6) is 0.685. The number of carbonyl (C=O) groups is 2. The van der Waals surface area contributed by atoms with Gasteiger partial charge in [0.1, 0.15) is 5.75 Å². The number of benzene rings is 2. The fraction of sp³-hybridized carbons (Fsp3) is 0.364. The molecule has 1 heterocycles. The van der Waals surface area contributed by atoms with Crippen molar-refractivity contribution in [1.82, 2.24) is 15.1 Å². The van der Waals surface area contributed by atoms with Crippen LogP contribution in [0, 0.1) is 0 Å². The molecule has 148 valence electrons.